The van der Waals surface area contributed by atoms with Gasteiger partial charge in [0.2, 0.25) is 0 Å². The maximum absolute atomic E-state index is 11.6. The minimum atomic E-state index is -4.45. The summed E-state index contributed by atoms with van der Waals surface area (Å²) in [7, 11) is 0. The van der Waals surface area contributed by atoms with E-state index >= 15 is 0 Å². The zero-order valence-corrected chi connectivity index (χ0v) is 7.29. The van der Waals surface area contributed by atoms with Crippen LogP contribution in [0.3, 0.4) is 0 Å². The van der Waals surface area contributed by atoms with Crippen LogP contribution in [0.15, 0.2) is 0 Å². The maximum Gasteiger partial charge on any atom is 0.457 e. The Morgan fingerprint density at radius 2 is 1.58 bits per heavy atom. The van der Waals surface area contributed by atoms with Crippen molar-refractivity contribution in [2.75, 3.05) is 0 Å². The average Bonchev–Trinajstić information content (AvgIpc) is 1.82. The van der Waals surface area contributed by atoms with Crippen molar-refractivity contribution in [2.24, 2.45) is 11.7 Å². The molecule has 0 rings (SSSR count). The third-order valence-electron chi connectivity index (χ3n) is 1.67. The normalized spacial score (nSPS) is 16.7. The van der Waals surface area contributed by atoms with Gasteiger partial charge in [-0.05, 0) is 12.8 Å². The summed E-state index contributed by atoms with van der Waals surface area (Å²) in [5.41, 5.74) is 4.42. The van der Waals surface area contributed by atoms with Gasteiger partial charge in [-0.15, -0.1) is 0 Å². The first kappa shape index (κ1) is 11.3. The van der Waals surface area contributed by atoms with Gasteiger partial charge in [0.1, 0.15) is 0 Å². The van der Waals surface area contributed by atoms with Gasteiger partial charge in [0.15, 0.2) is 0 Å². The van der Waals surface area contributed by atoms with E-state index in [9.17, 15) is 13.2 Å². The monoisotopic (exact) mass is 179 g/mol. The zero-order chi connectivity index (χ0) is 9.99. The number of hydrogen-bond donors (Lipinski definition) is 1. The van der Waals surface area contributed by atoms with E-state index in [2.05, 4.69) is 0 Å². The van der Waals surface area contributed by atoms with Crippen LogP contribution in [-0.2, 0) is 0 Å². The SMILES string of the molecule is CC(C)C(C)(N)C#CC(F)(F)F. The molecule has 0 saturated heterocycles. The molecule has 0 aliphatic rings. The fraction of sp³-hybridized carbons (Fsp3) is 0.750. The second-order valence-electron chi connectivity index (χ2n) is 3.19. The molecule has 0 saturated carbocycles. The number of alkyl halides is 3. The number of rotatable bonds is 1. The van der Waals surface area contributed by atoms with Crippen LogP contribution in [0, 0.1) is 17.8 Å². The predicted octanol–water partition coefficient (Wildman–Crippen LogP) is 1.93. The lowest BCUT2D eigenvalue weighted by Gasteiger charge is -2.22. The first-order valence-electron chi connectivity index (χ1n) is 3.55. The summed E-state index contributed by atoms with van der Waals surface area (Å²) < 4.78 is 34.9. The summed E-state index contributed by atoms with van der Waals surface area (Å²) in [6.07, 6.45) is -4.45. The first-order chi connectivity index (χ1) is 5.15. The van der Waals surface area contributed by atoms with Crippen LogP contribution >= 0.6 is 0 Å². The maximum atomic E-state index is 11.6. The van der Waals surface area contributed by atoms with Crippen molar-refractivity contribution in [1.82, 2.24) is 0 Å². The van der Waals surface area contributed by atoms with Crippen molar-refractivity contribution < 1.29 is 13.2 Å². The van der Waals surface area contributed by atoms with Crippen LogP contribution in [0.5, 0.6) is 0 Å². The van der Waals surface area contributed by atoms with E-state index < -0.39 is 11.7 Å². The van der Waals surface area contributed by atoms with Crippen LogP contribution < -0.4 is 5.73 Å². The molecule has 0 amide bonds. The Labute approximate surface area is 70.1 Å². The van der Waals surface area contributed by atoms with Crippen molar-refractivity contribution in [3.63, 3.8) is 0 Å². The molecule has 0 fully saturated rings. The molecule has 1 nitrogen and oxygen atoms in total. The third kappa shape index (κ3) is 4.24. The van der Waals surface area contributed by atoms with E-state index in [1.165, 1.54) is 12.8 Å². The molecule has 0 aromatic heterocycles. The quantitative estimate of drug-likeness (QED) is 0.611. The third-order valence-corrected chi connectivity index (χ3v) is 1.67. The molecule has 0 aliphatic heterocycles. The van der Waals surface area contributed by atoms with Crippen LogP contribution in [-0.4, -0.2) is 11.7 Å². The second-order valence-corrected chi connectivity index (χ2v) is 3.19. The molecule has 70 valence electrons. The molecule has 0 radical (unpaired) electrons. The highest BCUT2D eigenvalue weighted by molar-refractivity contribution is 5.18. The molecule has 1 atom stereocenters. The molecular weight excluding hydrogens is 167 g/mol. The first-order valence-corrected chi connectivity index (χ1v) is 3.55. The molecule has 12 heavy (non-hydrogen) atoms. The number of hydrogen-bond acceptors (Lipinski definition) is 1. The molecule has 0 aromatic rings. The van der Waals surface area contributed by atoms with Crippen LogP contribution in [0.4, 0.5) is 13.2 Å². The number of nitrogens with two attached hydrogens (primary N) is 1. The van der Waals surface area contributed by atoms with E-state index in [1.54, 1.807) is 13.8 Å². The van der Waals surface area contributed by atoms with Gasteiger partial charge in [-0.25, -0.2) is 0 Å². The molecule has 0 spiro atoms. The Kier molecular flexibility index (Phi) is 3.17. The van der Waals surface area contributed by atoms with Crippen molar-refractivity contribution in [3.05, 3.63) is 0 Å². The van der Waals surface area contributed by atoms with E-state index in [0.29, 0.717) is 0 Å². The largest absolute Gasteiger partial charge is 0.457 e. The Balaban J connectivity index is 4.50. The highest BCUT2D eigenvalue weighted by Crippen LogP contribution is 2.15. The lowest BCUT2D eigenvalue weighted by molar-refractivity contribution is -0.0699. The molecule has 2 N–H and O–H groups in total. The van der Waals surface area contributed by atoms with Gasteiger partial charge in [0.25, 0.3) is 0 Å². The minimum absolute atomic E-state index is 0.104. The molecule has 0 heterocycles. The molecule has 0 bridgehead atoms. The number of halogens is 3. The van der Waals surface area contributed by atoms with E-state index in [1.807, 2.05) is 5.92 Å². The van der Waals surface area contributed by atoms with Crippen molar-refractivity contribution in [3.8, 4) is 11.8 Å². The average molecular weight is 179 g/mol. The molecule has 0 aliphatic carbocycles. The Morgan fingerprint density at radius 1 is 1.17 bits per heavy atom. The smallest absolute Gasteiger partial charge is 0.315 e. The lowest BCUT2D eigenvalue weighted by Crippen LogP contribution is -2.40. The molecule has 0 aromatic carbocycles. The summed E-state index contributed by atoms with van der Waals surface area (Å²) in [6, 6.07) is 0. The standard InChI is InChI=1S/C8H12F3N/c1-6(2)7(3,12)4-5-8(9,10)11/h6H,12H2,1-3H3. The predicted molar refractivity (Wildman–Crippen MR) is 41.3 cm³/mol. The summed E-state index contributed by atoms with van der Waals surface area (Å²) in [5.74, 6) is 3.07. The Bertz CT molecular complexity index is 205. The molecule has 1 unspecified atom stereocenters. The van der Waals surface area contributed by atoms with Gasteiger partial charge >= 0.3 is 6.18 Å². The topological polar surface area (TPSA) is 26.0 Å². The highest BCUT2D eigenvalue weighted by Gasteiger charge is 2.26. The Morgan fingerprint density at radius 3 is 1.83 bits per heavy atom. The van der Waals surface area contributed by atoms with E-state index in [-0.39, 0.29) is 5.92 Å². The van der Waals surface area contributed by atoms with Gasteiger partial charge in [0.05, 0.1) is 5.54 Å². The highest BCUT2D eigenvalue weighted by atomic mass is 19.4. The zero-order valence-electron chi connectivity index (χ0n) is 7.29. The summed E-state index contributed by atoms with van der Waals surface area (Å²) in [5, 5.41) is 0. The van der Waals surface area contributed by atoms with E-state index in [4.69, 9.17) is 5.73 Å². The fourth-order valence-electron chi connectivity index (χ4n) is 0.350. The summed E-state index contributed by atoms with van der Waals surface area (Å²) in [6.45, 7) is 4.94. The summed E-state index contributed by atoms with van der Waals surface area (Å²) >= 11 is 0. The fourth-order valence-corrected chi connectivity index (χ4v) is 0.350. The van der Waals surface area contributed by atoms with Gasteiger partial charge in [-0.1, -0.05) is 19.8 Å². The molecular formula is C8H12F3N. The van der Waals surface area contributed by atoms with Crippen LogP contribution in [0.1, 0.15) is 20.8 Å². The van der Waals surface area contributed by atoms with E-state index in [0.717, 1.165) is 0 Å². The van der Waals surface area contributed by atoms with Crippen molar-refractivity contribution >= 4 is 0 Å². The summed E-state index contributed by atoms with van der Waals surface area (Å²) in [4.78, 5) is 0. The lowest BCUT2D eigenvalue weighted by atomic mass is 9.90. The minimum Gasteiger partial charge on any atom is -0.315 e. The van der Waals surface area contributed by atoms with Crippen molar-refractivity contribution in [1.29, 1.82) is 0 Å². The molecule has 4 heteroatoms. The second kappa shape index (κ2) is 3.36. The van der Waals surface area contributed by atoms with Gasteiger partial charge in [0, 0.05) is 5.92 Å². The van der Waals surface area contributed by atoms with Crippen LogP contribution in [0.2, 0.25) is 0 Å². The van der Waals surface area contributed by atoms with Crippen molar-refractivity contribution in [2.45, 2.75) is 32.5 Å². The Hall–Kier alpha value is -0.690. The van der Waals surface area contributed by atoms with Crippen LogP contribution in [0.25, 0.3) is 0 Å². The van der Waals surface area contributed by atoms with Gasteiger partial charge in [-0.3, -0.25) is 0 Å². The van der Waals surface area contributed by atoms with Gasteiger partial charge in [-0.2, -0.15) is 13.2 Å². The van der Waals surface area contributed by atoms with Gasteiger partial charge < -0.3 is 5.73 Å².